The van der Waals surface area contributed by atoms with Crippen LogP contribution in [0, 0.1) is 0 Å². The highest BCUT2D eigenvalue weighted by Gasteiger charge is 2.11. The lowest BCUT2D eigenvalue weighted by molar-refractivity contribution is 0.386. The van der Waals surface area contributed by atoms with Crippen molar-refractivity contribution < 1.29 is 4.52 Å². The van der Waals surface area contributed by atoms with E-state index in [0.29, 0.717) is 18.1 Å². The summed E-state index contributed by atoms with van der Waals surface area (Å²) in [6.07, 6.45) is 0.588. The maximum atomic E-state index is 5.74. The summed E-state index contributed by atoms with van der Waals surface area (Å²) in [6.45, 7) is 0. The number of rotatable bonds is 3. The smallest absolute Gasteiger partial charge is 0.231 e. The molecule has 2 N–H and O–H groups in total. The molecule has 0 spiro atoms. The van der Waals surface area contributed by atoms with E-state index in [1.807, 2.05) is 36.4 Å². The molecule has 0 saturated heterocycles. The first kappa shape index (κ1) is 12.4. The van der Waals surface area contributed by atoms with Crippen molar-refractivity contribution >= 4 is 33.0 Å². The molecule has 0 atom stereocenters. The first-order valence-electron chi connectivity index (χ1n) is 5.63. The van der Waals surface area contributed by atoms with E-state index < -0.39 is 0 Å². The van der Waals surface area contributed by atoms with Crippen molar-refractivity contribution in [3.8, 4) is 10.7 Å². The van der Waals surface area contributed by atoms with Crippen LogP contribution in [0.2, 0.25) is 0 Å². The van der Waals surface area contributed by atoms with E-state index in [-0.39, 0.29) is 0 Å². The molecule has 3 aromatic rings. The van der Waals surface area contributed by atoms with Gasteiger partial charge in [0, 0.05) is 5.69 Å². The fourth-order valence-electron chi connectivity index (χ4n) is 1.74. The van der Waals surface area contributed by atoms with Gasteiger partial charge in [-0.2, -0.15) is 4.98 Å². The van der Waals surface area contributed by atoms with Gasteiger partial charge in [-0.3, -0.25) is 0 Å². The van der Waals surface area contributed by atoms with E-state index in [2.05, 4.69) is 26.1 Å². The van der Waals surface area contributed by atoms with Crippen LogP contribution in [-0.4, -0.2) is 10.1 Å². The number of thiophene rings is 1. The van der Waals surface area contributed by atoms with Crippen LogP contribution >= 0.6 is 27.3 Å². The average Bonchev–Trinajstić information content (AvgIpc) is 2.98. The van der Waals surface area contributed by atoms with Crippen molar-refractivity contribution in [3.63, 3.8) is 0 Å². The monoisotopic (exact) mass is 335 g/mol. The number of nitrogen functional groups attached to an aromatic ring is 1. The highest BCUT2D eigenvalue weighted by atomic mass is 79.9. The lowest BCUT2D eigenvalue weighted by Crippen LogP contribution is -1.91. The van der Waals surface area contributed by atoms with Gasteiger partial charge < -0.3 is 10.3 Å². The van der Waals surface area contributed by atoms with Crippen LogP contribution < -0.4 is 5.73 Å². The van der Waals surface area contributed by atoms with Crippen LogP contribution in [0.15, 0.2) is 44.7 Å². The van der Waals surface area contributed by atoms with Gasteiger partial charge in [-0.15, -0.1) is 11.3 Å². The van der Waals surface area contributed by atoms with E-state index in [9.17, 15) is 0 Å². The van der Waals surface area contributed by atoms with Crippen LogP contribution in [-0.2, 0) is 6.42 Å². The Balaban J connectivity index is 1.82. The van der Waals surface area contributed by atoms with Crippen LogP contribution in [0.25, 0.3) is 10.7 Å². The minimum absolute atomic E-state index is 0.588. The molecule has 0 fully saturated rings. The fourth-order valence-corrected chi connectivity index (χ4v) is 3.05. The second-order valence-corrected chi connectivity index (χ2v) is 6.50. The van der Waals surface area contributed by atoms with E-state index in [4.69, 9.17) is 10.3 Å². The lowest BCUT2D eigenvalue weighted by Gasteiger charge is -1.97. The minimum Gasteiger partial charge on any atom is -0.399 e. The molecule has 4 nitrogen and oxygen atoms in total. The standard InChI is InChI=1S/C13H10BrN3OS/c14-11-5-4-10(19-11)13-16-12(18-17-13)7-8-2-1-3-9(15)6-8/h1-6H,7,15H2. The third-order valence-corrected chi connectivity index (χ3v) is 4.19. The number of anilines is 1. The number of halogens is 1. The third-order valence-electron chi connectivity index (χ3n) is 2.57. The van der Waals surface area contributed by atoms with E-state index in [0.717, 1.165) is 19.9 Å². The predicted molar refractivity (Wildman–Crippen MR) is 79.0 cm³/mol. The van der Waals surface area contributed by atoms with Crippen molar-refractivity contribution in [1.29, 1.82) is 0 Å². The Hall–Kier alpha value is -1.66. The summed E-state index contributed by atoms with van der Waals surface area (Å²) in [5, 5.41) is 3.99. The molecule has 6 heteroatoms. The second kappa shape index (κ2) is 5.14. The second-order valence-electron chi connectivity index (χ2n) is 4.04. The van der Waals surface area contributed by atoms with Gasteiger partial charge in [-0.05, 0) is 45.8 Å². The molecular formula is C13H10BrN3OS. The van der Waals surface area contributed by atoms with Gasteiger partial charge in [0.2, 0.25) is 11.7 Å². The first-order valence-corrected chi connectivity index (χ1v) is 7.24. The number of benzene rings is 1. The summed E-state index contributed by atoms with van der Waals surface area (Å²) in [6, 6.07) is 11.6. The molecule has 0 aliphatic heterocycles. The van der Waals surface area contributed by atoms with Crippen molar-refractivity contribution in [2.75, 3.05) is 5.73 Å². The normalized spacial score (nSPS) is 10.8. The van der Waals surface area contributed by atoms with Crippen molar-refractivity contribution in [3.05, 3.63) is 51.6 Å². The van der Waals surface area contributed by atoms with Crippen molar-refractivity contribution in [1.82, 2.24) is 10.1 Å². The Labute approximate surface area is 122 Å². The molecule has 1 aromatic carbocycles. The molecule has 2 heterocycles. The number of hydrogen-bond donors (Lipinski definition) is 1. The molecule has 2 aromatic heterocycles. The Morgan fingerprint density at radius 1 is 1.26 bits per heavy atom. The zero-order chi connectivity index (χ0) is 13.2. The molecule has 0 saturated carbocycles. The summed E-state index contributed by atoms with van der Waals surface area (Å²) in [7, 11) is 0. The van der Waals surface area contributed by atoms with Crippen LogP contribution in [0.4, 0.5) is 5.69 Å². The Kier molecular flexibility index (Phi) is 3.35. The quantitative estimate of drug-likeness (QED) is 0.740. The maximum Gasteiger partial charge on any atom is 0.231 e. The van der Waals surface area contributed by atoms with Gasteiger partial charge in [0.25, 0.3) is 0 Å². The lowest BCUT2D eigenvalue weighted by atomic mass is 10.1. The van der Waals surface area contributed by atoms with Gasteiger partial charge in [-0.25, -0.2) is 0 Å². The molecular weight excluding hydrogens is 326 g/mol. The van der Waals surface area contributed by atoms with Gasteiger partial charge in [0.15, 0.2) is 0 Å². The summed E-state index contributed by atoms with van der Waals surface area (Å²) in [5.41, 5.74) is 7.53. The van der Waals surface area contributed by atoms with Gasteiger partial charge >= 0.3 is 0 Å². The third kappa shape index (κ3) is 2.85. The van der Waals surface area contributed by atoms with Crippen LogP contribution in [0.3, 0.4) is 0 Å². The maximum absolute atomic E-state index is 5.74. The summed E-state index contributed by atoms with van der Waals surface area (Å²) in [5.74, 6) is 1.21. The largest absolute Gasteiger partial charge is 0.399 e. The molecule has 0 unspecified atom stereocenters. The van der Waals surface area contributed by atoms with Gasteiger partial charge in [0.1, 0.15) is 0 Å². The molecule has 0 aliphatic rings. The predicted octanol–water partition coefficient (Wildman–Crippen LogP) is 3.73. The van der Waals surface area contributed by atoms with E-state index in [1.165, 1.54) is 0 Å². The van der Waals surface area contributed by atoms with Gasteiger partial charge in [-0.1, -0.05) is 17.3 Å². The Morgan fingerprint density at radius 3 is 2.89 bits per heavy atom. The zero-order valence-electron chi connectivity index (χ0n) is 9.84. The van der Waals surface area contributed by atoms with E-state index in [1.54, 1.807) is 11.3 Å². The highest BCUT2D eigenvalue weighted by molar-refractivity contribution is 9.11. The first-order chi connectivity index (χ1) is 9.20. The summed E-state index contributed by atoms with van der Waals surface area (Å²) in [4.78, 5) is 5.37. The Morgan fingerprint density at radius 2 is 2.16 bits per heavy atom. The number of hydrogen-bond acceptors (Lipinski definition) is 5. The zero-order valence-corrected chi connectivity index (χ0v) is 12.2. The number of aromatic nitrogens is 2. The number of nitrogens with two attached hydrogens (primary N) is 1. The summed E-state index contributed by atoms with van der Waals surface area (Å²) < 4.78 is 6.31. The molecule has 0 bridgehead atoms. The van der Waals surface area contributed by atoms with Crippen molar-refractivity contribution in [2.24, 2.45) is 0 Å². The SMILES string of the molecule is Nc1cccc(Cc2nc(-c3ccc(Br)s3)no2)c1. The Bertz CT molecular complexity index is 707. The summed E-state index contributed by atoms with van der Waals surface area (Å²) >= 11 is 4.99. The average molecular weight is 336 g/mol. The van der Waals surface area contributed by atoms with Crippen molar-refractivity contribution in [2.45, 2.75) is 6.42 Å². The molecule has 0 amide bonds. The van der Waals surface area contributed by atoms with Crippen LogP contribution in [0.1, 0.15) is 11.5 Å². The highest BCUT2D eigenvalue weighted by Crippen LogP contribution is 2.29. The van der Waals surface area contributed by atoms with Crippen LogP contribution in [0.5, 0.6) is 0 Å². The van der Waals surface area contributed by atoms with Gasteiger partial charge in [0.05, 0.1) is 15.1 Å². The topological polar surface area (TPSA) is 64.9 Å². The van der Waals surface area contributed by atoms with E-state index >= 15 is 0 Å². The molecule has 19 heavy (non-hydrogen) atoms. The minimum atomic E-state index is 0.588. The fraction of sp³-hybridized carbons (Fsp3) is 0.0769. The molecule has 0 radical (unpaired) electrons. The molecule has 0 aliphatic carbocycles. The number of nitrogens with zero attached hydrogens (tertiary/aromatic N) is 2. The molecule has 96 valence electrons. The molecule has 3 rings (SSSR count).